The highest BCUT2D eigenvalue weighted by Crippen LogP contribution is 2.22. The molecule has 7 heteroatoms. The Labute approximate surface area is 148 Å². The molecule has 0 aromatic heterocycles. The van der Waals surface area contributed by atoms with Crippen molar-refractivity contribution < 1.29 is 9.90 Å². The Kier molecular flexibility index (Phi) is 8.78. The molecule has 0 saturated heterocycles. The number of carbonyl (C=O) groups excluding carboxylic acids is 1. The number of hydrogen-bond donors (Lipinski definition) is 4. The van der Waals surface area contributed by atoms with E-state index in [0.717, 1.165) is 25.8 Å². The summed E-state index contributed by atoms with van der Waals surface area (Å²) in [6.07, 6.45) is 3.36. The zero-order valence-electron chi connectivity index (χ0n) is 14.5. The Morgan fingerprint density at radius 3 is 2.71 bits per heavy atom. The van der Waals surface area contributed by atoms with Gasteiger partial charge in [-0.05, 0) is 50.2 Å². The van der Waals surface area contributed by atoms with E-state index in [0.29, 0.717) is 28.5 Å². The Hall–Kier alpha value is -2.15. The maximum atomic E-state index is 11.7. The molecule has 0 atom stereocenters. The summed E-state index contributed by atoms with van der Waals surface area (Å²) in [4.78, 5) is 11.7. The number of phenols is 1. The fourth-order valence-electron chi connectivity index (χ4n) is 1.97. The lowest BCUT2D eigenvalue weighted by Crippen LogP contribution is -2.33. The number of nitrogens with zero attached hydrogens (tertiary/aromatic N) is 1. The first-order valence-corrected chi connectivity index (χ1v) is 8.60. The topological polar surface area (TPSA) is 85.8 Å². The van der Waals surface area contributed by atoms with Crippen molar-refractivity contribution in [1.82, 2.24) is 10.7 Å². The lowest BCUT2D eigenvalue weighted by molar-refractivity contribution is -0.116. The lowest BCUT2D eigenvalue weighted by atomic mass is 10.1. The van der Waals surface area contributed by atoms with E-state index < -0.39 is 0 Å². The minimum absolute atomic E-state index is 0.0526. The Morgan fingerprint density at radius 1 is 1.29 bits per heavy atom. The van der Waals surface area contributed by atoms with Crippen LogP contribution >= 0.6 is 12.2 Å². The van der Waals surface area contributed by atoms with E-state index in [1.807, 2.05) is 6.92 Å². The fourth-order valence-corrected chi connectivity index (χ4v) is 2.11. The minimum atomic E-state index is -0.0526. The highest BCUT2D eigenvalue weighted by molar-refractivity contribution is 7.80. The maximum absolute atomic E-state index is 11.7. The van der Waals surface area contributed by atoms with Gasteiger partial charge in [-0.25, -0.2) is 0 Å². The summed E-state index contributed by atoms with van der Waals surface area (Å²) in [5.41, 5.74) is 4.49. The third-order valence-corrected chi connectivity index (χ3v) is 3.52. The van der Waals surface area contributed by atoms with Crippen LogP contribution in [0.5, 0.6) is 5.75 Å². The predicted octanol–water partition coefficient (Wildman–Crippen LogP) is 3.12. The van der Waals surface area contributed by atoms with Gasteiger partial charge >= 0.3 is 0 Å². The number of hydrogen-bond acceptors (Lipinski definition) is 4. The number of carbonyl (C=O) groups is 1. The van der Waals surface area contributed by atoms with Crippen molar-refractivity contribution in [2.45, 2.75) is 46.5 Å². The average molecular weight is 350 g/mol. The summed E-state index contributed by atoms with van der Waals surface area (Å²) in [7, 11) is 0. The van der Waals surface area contributed by atoms with Crippen LogP contribution in [0.4, 0.5) is 5.69 Å². The Morgan fingerprint density at radius 2 is 2.04 bits per heavy atom. The van der Waals surface area contributed by atoms with Crippen LogP contribution in [-0.2, 0) is 4.79 Å². The summed E-state index contributed by atoms with van der Waals surface area (Å²) in [6.45, 7) is 6.60. The highest BCUT2D eigenvalue weighted by Gasteiger charge is 2.08. The molecule has 0 unspecified atom stereocenters. The van der Waals surface area contributed by atoms with Crippen LogP contribution in [0.25, 0.3) is 0 Å². The van der Waals surface area contributed by atoms with Gasteiger partial charge in [0, 0.05) is 24.2 Å². The van der Waals surface area contributed by atoms with Gasteiger partial charge in [0.1, 0.15) is 5.75 Å². The number of anilines is 1. The predicted molar refractivity (Wildman–Crippen MR) is 102 cm³/mol. The van der Waals surface area contributed by atoms with Crippen molar-refractivity contribution in [3.8, 4) is 5.75 Å². The van der Waals surface area contributed by atoms with Gasteiger partial charge in [0.25, 0.3) is 0 Å². The summed E-state index contributed by atoms with van der Waals surface area (Å²) in [5.74, 6) is 0.0413. The SMILES string of the molecule is CCCCNC(=S)N/N=C(\C)c1cc(NC(=O)CCC)ccc1O. The molecule has 0 spiro atoms. The number of phenolic OH excluding ortho intramolecular Hbond substituents is 1. The van der Waals surface area contributed by atoms with Crippen molar-refractivity contribution >= 4 is 34.6 Å². The molecule has 24 heavy (non-hydrogen) atoms. The van der Waals surface area contributed by atoms with E-state index in [4.69, 9.17) is 12.2 Å². The van der Waals surface area contributed by atoms with Crippen molar-refractivity contribution in [2.75, 3.05) is 11.9 Å². The molecule has 4 N–H and O–H groups in total. The molecule has 0 heterocycles. The van der Waals surface area contributed by atoms with Crippen LogP contribution in [-0.4, -0.2) is 28.4 Å². The van der Waals surface area contributed by atoms with Gasteiger partial charge in [-0.15, -0.1) is 0 Å². The van der Waals surface area contributed by atoms with Gasteiger partial charge in [0.2, 0.25) is 5.91 Å². The van der Waals surface area contributed by atoms with Gasteiger partial charge < -0.3 is 15.7 Å². The molecule has 0 aliphatic carbocycles. The van der Waals surface area contributed by atoms with Crippen molar-refractivity contribution in [1.29, 1.82) is 0 Å². The van der Waals surface area contributed by atoms with Crippen molar-refractivity contribution in [2.24, 2.45) is 5.10 Å². The molecule has 0 radical (unpaired) electrons. The summed E-state index contributed by atoms with van der Waals surface area (Å²) in [5, 5.41) is 20.5. The standard InChI is InChI=1S/C17H26N4O2S/c1-4-6-10-18-17(24)21-20-12(3)14-11-13(8-9-15(14)22)19-16(23)7-5-2/h8-9,11,22H,4-7,10H2,1-3H3,(H,19,23)(H2,18,21,24)/b20-12+. The quantitative estimate of drug-likeness (QED) is 0.190. The van der Waals surface area contributed by atoms with Crippen LogP contribution in [0, 0.1) is 0 Å². The second-order valence-corrected chi connectivity index (χ2v) is 5.86. The summed E-state index contributed by atoms with van der Waals surface area (Å²) in [6, 6.07) is 4.88. The van der Waals surface area contributed by atoms with Crippen molar-refractivity contribution in [3.05, 3.63) is 23.8 Å². The monoisotopic (exact) mass is 350 g/mol. The van der Waals surface area contributed by atoms with Gasteiger partial charge in [0.05, 0.1) is 5.71 Å². The minimum Gasteiger partial charge on any atom is -0.507 e. The fraction of sp³-hybridized carbons (Fsp3) is 0.471. The number of nitrogens with one attached hydrogen (secondary N) is 3. The second kappa shape index (κ2) is 10.6. The molecule has 1 aromatic rings. The molecule has 0 saturated carbocycles. The summed E-state index contributed by atoms with van der Waals surface area (Å²) < 4.78 is 0. The normalized spacial score (nSPS) is 11.0. The Bertz CT molecular complexity index is 602. The average Bonchev–Trinajstić information content (AvgIpc) is 2.55. The van der Waals surface area contributed by atoms with E-state index in [2.05, 4.69) is 28.1 Å². The number of benzene rings is 1. The largest absolute Gasteiger partial charge is 0.507 e. The van der Waals surface area contributed by atoms with E-state index in [1.54, 1.807) is 19.1 Å². The molecule has 0 bridgehead atoms. The molecule has 1 rings (SSSR count). The molecule has 1 amide bonds. The number of aromatic hydroxyl groups is 1. The van der Waals surface area contributed by atoms with E-state index in [-0.39, 0.29) is 11.7 Å². The third kappa shape index (κ3) is 6.95. The molecule has 1 aromatic carbocycles. The van der Waals surface area contributed by atoms with Crippen molar-refractivity contribution in [3.63, 3.8) is 0 Å². The number of amides is 1. The molecular weight excluding hydrogens is 324 g/mol. The Balaban J connectivity index is 2.74. The second-order valence-electron chi connectivity index (χ2n) is 5.45. The van der Waals surface area contributed by atoms with E-state index in [9.17, 15) is 9.90 Å². The third-order valence-electron chi connectivity index (χ3n) is 3.29. The number of hydrazone groups is 1. The van der Waals surface area contributed by atoms with Gasteiger partial charge in [-0.1, -0.05) is 20.3 Å². The molecule has 6 nitrogen and oxygen atoms in total. The smallest absolute Gasteiger partial charge is 0.224 e. The first kappa shape index (κ1) is 19.9. The van der Waals surface area contributed by atoms with Gasteiger partial charge in [0.15, 0.2) is 5.11 Å². The number of thiocarbonyl (C=S) groups is 1. The highest BCUT2D eigenvalue weighted by atomic mass is 32.1. The van der Waals surface area contributed by atoms with Crippen LogP contribution < -0.4 is 16.1 Å². The van der Waals surface area contributed by atoms with Gasteiger partial charge in [-0.3, -0.25) is 10.2 Å². The first-order valence-electron chi connectivity index (χ1n) is 8.19. The number of rotatable bonds is 8. The van der Waals surface area contributed by atoms with E-state index in [1.165, 1.54) is 6.07 Å². The molecule has 132 valence electrons. The molecule has 0 aliphatic rings. The van der Waals surface area contributed by atoms with Crippen LogP contribution in [0.15, 0.2) is 23.3 Å². The van der Waals surface area contributed by atoms with Crippen LogP contribution in [0.2, 0.25) is 0 Å². The molecule has 0 fully saturated rings. The zero-order valence-corrected chi connectivity index (χ0v) is 15.3. The number of unbranched alkanes of at least 4 members (excludes halogenated alkanes) is 1. The van der Waals surface area contributed by atoms with E-state index >= 15 is 0 Å². The zero-order chi connectivity index (χ0) is 17.9. The molecule has 0 aliphatic heterocycles. The lowest BCUT2D eigenvalue weighted by Gasteiger charge is -2.10. The maximum Gasteiger partial charge on any atom is 0.224 e. The molecular formula is C17H26N4O2S. The van der Waals surface area contributed by atoms with Gasteiger partial charge in [-0.2, -0.15) is 5.10 Å². The van der Waals surface area contributed by atoms with Crippen LogP contribution in [0.3, 0.4) is 0 Å². The van der Waals surface area contributed by atoms with Crippen LogP contribution in [0.1, 0.15) is 52.0 Å². The summed E-state index contributed by atoms with van der Waals surface area (Å²) >= 11 is 5.13. The first-order chi connectivity index (χ1) is 11.5.